The second kappa shape index (κ2) is 9.28. The van der Waals surface area contributed by atoms with E-state index in [9.17, 15) is 9.59 Å². The van der Waals surface area contributed by atoms with Crippen molar-refractivity contribution in [3.05, 3.63) is 57.8 Å². The van der Waals surface area contributed by atoms with Crippen molar-refractivity contribution in [1.82, 2.24) is 9.80 Å². The summed E-state index contributed by atoms with van der Waals surface area (Å²) >= 11 is 1.50. The van der Waals surface area contributed by atoms with Gasteiger partial charge < -0.3 is 19.3 Å². The minimum atomic E-state index is -0.386. The molecule has 1 aromatic rings. The SMILES string of the molecule is CCC1=C(C(=O)OC)C(c2ccccc2C)N2C(CC(=O)N3CCOCC3)=CSC2=N1. The number of hydrogen-bond donors (Lipinski definition) is 0. The number of benzene rings is 1. The van der Waals surface area contributed by atoms with Gasteiger partial charge in [-0.1, -0.05) is 43.0 Å². The monoisotopic (exact) mass is 441 g/mol. The number of ether oxygens (including phenoxy) is 2. The molecular formula is C23H27N3O4S. The number of carbonyl (C=O) groups is 2. The molecule has 8 heteroatoms. The first kappa shape index (κ1) is 21.6. The molecule has 0 aliphatic carbocycles. The zero-order valence-electron chi connectivity index (χ0n) is 18.1. The van der Waals surface area contributed by atoms with Crippen LogP contribution in [0.5, 0.6) is 0 Å². The van der Waals surface area contributed by atoms with Crippen LogP contribution in [0.1, 0.15) is 36.9 Å². The predicted molar refractivity (Wildman–Crippen MR) is 120 cm³/mol. The van der Waals surface area contributed by atoms with Crippen molar-refractivity contribution >= 4 is 28.8 Å². The van der Waals surface area contributed by atoms with E-state index in [1.807, 2.05) is 53.3 Å². The Bertz CT molecular complexity index is 979. The lowest BCUT2D eigenvalue weighted by Crippen LogP contribution is -2.42. The molecule has 3 aliphatic rings. The maximum Gasteiger partial charge on any atom is 0.338 e. The number of morpholine rings is 1. The Hall–Kier alpha value is -2.58. The first-order valence-corrected chi connectivity index (χ1v) is 11.4. The summed E-state index contributed by atoms with van der Waals surface area (Å²) in [7, 11) is 1.40. The van der Waals surface area contributed by atoms with Crippen molar-refractivity contribution in [3.63, 3.8) is 0 Å². The molecule has 0 spiro atoms. The average Bonchev–Trinajstić information content (AvgIpc) is 3.20. The summed E-state index contributed by atoms with van der Waals surface area (Å²) in [6.45, 7) is 6.37. The lowest BCUT2D eigenvalue weighted by atomic mass is 9.90. The van der Waals surface area contributed by atoms with Crippen LogP contribution in [-0.2, 0) is 19.1 Å². The van der Waals surface area contributed by atoms with Crippen LogP contribution in [0.25, 0.3) is 0 Å². The molecule has 0 N–H and O–H groups in total. The second-order valence-corrected chi connectivity index (χ2v) is 8.46. The Labute approximate surface area is 186 Å². The van der Waals surface area contributed by atoms with E-state index in [1.54, 1.807) is 0 Å². The lowest BCUT2D eigenvalue weighted by Gasteiger charge is -2.37. The minimum absolute atomic E-state index is 0.0600. The third-order valence-corrected chi connectivity index (χ3v) is 6.70. The van der Waals surface area contributed by atoms with Crippen LogP contribution >= 0.6 is 11.8 Å². The fraction of sp³-hybridized carbons (Fsp3) is 0.435. The highest BCUT2D eigenvalue weighted by atomic mass is 32.2. The Kier molecular flexibility index (Phi) is 6.48. The van der Waals surface area contributed by atoms with Gasteiger partial charge >= 0.3 is 5.97 Å². The molecule has 31 heavy (non-hydrogen) atoms. The molecule has 1 aromatic carbocycles. The van der Waals surface area contributed by atoms with E-state index in [1.165, 1.54) is 18.9 Å². The van der Waals surface area contributed by atoms with Gasteiger partial charge in [-0.15, -0.1) is 0 Å². The van der Waals surface area contributed by atoms with Crippen LogP contribution in [0.2, 0.25) is 0 Å². The third kappa shape index (κ3) is 4.14. The molecule has 0 radical (unpaired) electrons. The zero-order valence-corrected chi connectivity index (χ0v) is 18.9. The number of amides is 1. The highest BCUT2D eigenvalue weighted by Gasteiger charge is 2.42. The molecule has 3 heterocycles. The van der Waals surface area contributed by atoms with Crippen LogP contribution in [0.15, 0.2) is 51.6 Å². The number of allylic oxidation sites excluding steroid dienone is 1. The fourth-order valence-corrected chi connectivity index (χ4v) is 5.12. The quantitative estimate of drug-likeness (QED) is 0.653. The molecule has 3 aliphatic heterocycles. The topological polar surface area (TPSA) is 71.4 Å². The summed E-state index contributed by atoms with van der Waals surface area (Å²) in [5.41, 5.74) is 4.20. The number of fused-ring (bicyclic) bond motifs is 1. The summed E-state index contributed by atoms with van der Waals surface area (Å²) in [5, 5.41) is 2.78. The molecule has 164 valence electrons. The Balaban J connectivity index is 1.73. The maximum atomic E-state index is 13.0. The Morgan fingerprint density at radius 3 is 2.68 bits per heavy atom. The third-order valence-electron chi connectivity index (χ3n) is 5.81. The Morgan fingerprint density at radius 1 is 1.26 bits per heavy atom. The normalized spacial score (nSPS) is 20.9. The molecule has 1 atom stereocenters. The number of aryl methyl sites for hydroxylation is 1. The largest absolute Gasteiger partial charge is 0.466 e. The smallest absolute Gasteiger partial charge is 0.338 e. The van der Waals surface area contributed by atoms with E-state index in [4.69, 9.17) is 14.5 Å². The van der Waals surface area contributed by atoms with E-state index in [2.05, 4.69) is 0 Å². The highest BCUT2D eigenvalue weighted by molar-refractivity contribution is 8.16. The van der Waals surface area contributed by atoms with Crippen molar-refractivity contribution in [2.45, 2.75) is 32.7 Å². The maximum absolute atomic E-state index is 13.0. The summed E-state index contributed by atoms with van der Waals surface area (Å²) in [6, 6.07) is 7.64. The van der Waals surface area contributed by atoms with E-state index < -0.39 is 0 Å². The van der Waals surface area contributed by atoms with E-state index in [0.29, 0.717) is 38.3 Å². The molecule has 1 unspecified atom stereocenters. The molecule has 0 bridgehead atoms. The van der Waals surface area contributed by atoms with Crippen LogP contribution in [0.4, 0.5) is 0 Å². The summed E-state index contributed by atoms with van der Waals surface area (Å²) < 4.78 is 10.5. The lowest BCUT2D eigenvalue weighted by molar-refractivity contribution is -0.136. The van der Waals surface area contributed by atoms with Gasteiger partial charge in [-0.05, 0) is 29.9 Å². The van der Waals surface area contributed by atoms with Crippen LogP contribution in [0.3, 0.4) is 0 Å². The molecule has 7 nitrogen and oxygen atoms in total. The molecule has 1 fully saturated rings. The van der Waals surface area contributed by atoms with Gasteiger partial charge in [-0.3, -0.25) is 4.79 Å². The van der Waals surface area contributed by atoms with Crippen molar-refractivity contribution in [3.8, 4) is 0 Å². The zero-order chi connectivity index (χ0) is 22.0. The number of carbonyl (C=O) groups excluding carboxylic acids is 2. The van der Waals surface area contributed by atoms with E-state index in [-0.39, 0.29) is 24.3 Å². The second-order valence-electron chi connectivity index (χ2n) is 7.63. The number of aliphatic imine (C=N–C) groups is 1. The number of amidine groups is 1. The van der Waals surface area contributed by atoms with Gasteiger partial charge in [0.25, 0.3) is 0 Å². The molecule has 4 rings (SSSR count). The molecule has 0 saturated carbocycles. The van der Waals surface area contributed by atoms with E-state index in [0.717, 1.165) is 27.7 Å². The number of methoxy groups -OCH3 is 1. The van der Waals surface area contributed by atoms with Crippen molar-refractivity contribution in [2.75, 3.05) is 33.4 Å². The van der Waals surface area contributed by atoms with Crippen LogP contribution in [-0.4, -0.2) is 60.3 Å². The summed E-state index contributed by atoms with van der Waals surface area (Å²) in [5.74, 6) is -0.325. The first-order chi connectivity index (χ1) is 15.0. The van der Waals surface area contributed by atoms with Gasteiger partial charge in [-0.25, -0.2) is 9.79 Å². The van der Waals surface area contributed by atoms with Crippen LogP contribution < -0.4 is 0 Å². The van der Waals surface area contributed by atoms with Gasteiger partial charge in [0.15, 0.2) is 5.17 Å². The standard InChI is InChI=1S/C23H27N3O4S/c1-4-18-20(22(28)29-3)21(17-8-6-5-7-15(17)2)26-16(14-31-23(26)24-18)13-19(27)25-9-11-30-12-10-25/h5-8,14,21H,4,9-13H2,1-3H3. The van der Waals surface area contributed by atoms with Gasteiger partial charge in [0.2, 0.25) is 5.91 Å². The number of thioether (sulfide) groups is 1. The average molecular weight is 442 g/mol. The first-order valence-electron chi connectivity index (χ1n) is 10.5. The number of esters is 1. The summed E-state index contributed by atoms with van der Waals surface area (Å²) in [6.07, 6.45) is 0.872. The van der Waals surface area contributed by atoms with Crippen molar-refractivity contribution in [1.29, 1.82) is 0 Å². The molecule has 1 amide bonds. The Morgan fingerprint density at radius 2 is 2.00 bits per heavy atom. The van der Waals surface area contributed by atoms with Crippen molar-refractivity contribution < 1.29 is 19.1 Å². The van der Waals surface area contributed by atoms with Gasteiger partial charge in [0.1, 0.15) is 0 Å². The predicted octanol–water partition coefficient (Wildman–Crippen LogP) is 3.38. The molecule has 1 saturated heterocycles. The highest BCUT2D eigenvalue weighted by Crippen LogP contribution is 2.46. The minimum Gasteiger partial charge on any atom is -0.466 e. The number of rotatable bonds is 5. The summed E-state index contributed by atoms with van der Waals surface area (Å²) in [4.78, 5) is 34.5. The number of hydrogen-bond acceptors (Lipinski definition) is 7. The van der Waals surface area contributed by atoms with Crippen LogP contribution in [0, 0.1) is 6.92 Å². The molecular weight excluding hydrogens is 414 g/mol. The fourth-order valence-electron chi connectivity index (χ4n) is 4.18. The van der Waals surface area contributed by atoms with Gasteiger partial charge in [0.05, 0.1) is 44.1 Å². The van der Waals surface area contributed by atoms with Gasteiger partial charge in [0, 0.05) is 18.8 Å². The van der Waals surface area contributed by atoms with E-state index >= 15 is 0 Å². The van der Waals surface area contributed by atoms with Crippen molar-refractivity contribution in [2.24, 2.45) is 4.99 Å². The van der Waals surface area contributed by atoms with Gasteiger partial charge in [-0.2, -0.15) is 0 Å². The number of nitrogens with zero attached hydrogens (tertiary/aromatic N) is 3. The molecule has 0 aromatic heterocycles.